The van der Waals surface area contributed by atoms with Crippen LogP contribution >= 0.6 is 0 Å². The summed E-state index contributed by atoms with van der Waals surface area (Å²) in [4.78, 5) is 27.7. The van der Waals surface area contributed by atoms with E-state index in [9.17, 15) is 9.59 Å². The highest BCUT2D eigenvalue weighted by Crippen LogP contribution is 2.23. The van der Waals surface area contributed by atoms with Gasteiger partial charge in [0.25, 0.3) is 0 Å². The van der Waals surface area contributed by atoms with E-state index in [1.54, 1.807) is 4.90 Å². The van der Waals surface area contributed by atoms with Gasteiger partial charge in [0.2, 0.25) is 11.8 Å². The van der Waals surface area contributed by atoms with E-state index in [4.69, 9.17) is 0 Å². The van der Waals surface area contributed by atoms with Crippen LogP contribution in [0.2, 0.25) is 0 Å². The first-order chi connectivity index (χ1) is 14.7. The minimum atomic E-state index is -0.462. The molecule has 168 valence electrons. The van der Waals surface area contributed by atoms with Crippen molar-refractivity contribution in [1.29, 1.82) is 0 Å². The predicted octanol–water partition coefficient (Wildman–Crippen LogP) is 5.17. The van der Waals surface area contributed by atoms with E-state index in [1.807, 2.05) is 39.0 Å². The van der Waals surface area contributed by atoms with Crippen molar-refractivity contribution in [3.8, 4) is 0 Å². The Morgan fingerprint density at radius 2 is 1.68 bits per heavy atom. The van der Waals surface area contributed by atoms with E-state index in [0.29, 0.717) is 32.4 Å². The molecule has 0 saturated heterocycles. The van der Waals surface area contributed by atoms with Gasteiger partial charge in [0.05, 0.1) is 0 Å². The summed E-state index contributed by atoms with van der Waals surface area (Å²) >= 11 is 0. The number of aryl methyl sites for hydroxylation is 2. The molecule has 1 N–H and O–H groups in total. The lowest BCUT2D eigenvalue weighted by molar-refractivity contribution is -0.141. The Labute approximate surface area is 188 Å². The first kappa shape index (κ1) is 24.6. The molecule has 4 heteroatoms. The van der Waals surface area contributed by atoms with E-state index < -0.39 is 6.04 Å². The standard InChI is InChI=1S/C27H38N2O2/c1-7-24(26(31)28-8-2)29(19-22-11-9-10-20(3)18-22)25(30)17-14-21-12-15-23(16-13-21)27(4,5)6/h9-13,15-16,18,24H,7-8,14,17,19H2,1-6H3,(H,28,31)/t24-/m0/s1. The van der Waals surface area contributed by atoms with E-state index in [-0.39, 0.29) is 17.2 Å². The summed E-state index contributed by atoms with van der Waals surface area (Å²) in [5.41, 5.74) is 4.73. The predicted molar refractivity (Wildman–Crippen MR) is 128 cm³/mol. The first-order valence-corrected chi connectivity index (χ1v) is 11.4. The van der Waals surface area contributed by atoms with Gasteiger partial charge in [0.1, 0.15) is 6.04 Å². The quantitative estimate of drug-likeness (QED) is 0.606. The summed E-state index contributed by atoms with van der Waals surface area (Å²) in [6.45, 7) is 13.5. The minimum absolute atomic E-state index is 0.0134. The van der Waals surface area contributed by atoms with Gasteiger partial charge < -0.3 is 10.2 Å². The molecule has 4 nitrogen and oxygen atoms in total. The third kappa shape index (κ3) is 7.23. The van der Waals surface area contributed by atoms with Crippen LogP contribution in [0.4, 0.5) is 0 Å². The molecule has 2 aromatic rings. The van der Waals surface area contributed by atoms with Crippen LogP contribution in [-0.2, 0) is 28.0 Å². The fourth-order valence-corrected chi connectivity index (χ4v) is 3.79. The average molecular weight is 423 g/mol. The van der Waals surface area contributed by atoms with Crippen molar-refractivity contribution in [3.63, 3.8) is 0 Å². The number of benzene rings is 2. The number of carbonyl (C=O) groups is 2. The number of rotatable bonds is 9. The van der Waals surface area contributed by atoms with Crippen molar-refractivity contribution >= 4 is 11.8 Å². The van der Waals surface area contributed by atoms with Crippen LogP contribution in [0.3, 0.4) is 0 Å². The Bertz CT molecular complexity index is 866. The first-order valence-electron chi connectivity index (χ1n) is 11.4. The number of nitrogens with one attached hydrogen (secondary N) is 1. The smallest absolute Gasteiger partial charge is 0.242 e. The lowest BCUT2D eigenvalue weighted by Gasteiger charge is -2.30. The Balaban J connectivity index is 2.17. The molecule has 0 saturated carbocycles. The monoisotopic (exact) mass is 422 g/mol. The molecule has 31 heavy (non-hydrogen) atoms. The topological polar surface area (TPSA) is 49.4 Å². The van der Waals surface area contributed by atoms with Gasteiger partial charge in [-0.2, -0.15) is 0 Å². The van der Waals surface area contributed by atoms with Crippen LogP contribution in [-0.4, -0.2) is 29.3 Å². The van der Waals surface area contributed by atoms with Gasteiger partial charge in [-0.05, 0) is 48.8 Å². The second-order valence-corrected chi connectivity index (χ2v) is 9.28. The number of nitrogens with zero attached hydrogens (tertiary/aromatic N) is 1. The summed E-state index contributed by atoms with van der Waals surface area (Å²) in [6.07, 6.45) is 1.64. The largest absolute Gasteiger partial charge is 0.355 e. The van der Waals surface area contributed by atoms with Crippen molar-refractivity contribution in [2.45, 2.75) is 78.8 Å². The lowest BCUT2D eigenvalue weighted by atomic mass is 9.86. The zero-order valence-electron chi connectivity index (χ0n) is 20.0. The molecule has 0 unspecified atom stereocenters. The minimum Gasteiger partial charge on any atom is -0.355 e. The van der Waals surface area contributed by atoms with Crippen molar-refractivity contribution in [3.05, 3.63) is 70.8 Å². The molecule has 0 spiro atoms. The molecule has 0 aromatic heterocycles. The van der Waals surface area contributed by atoms with Crippen LogP contribution in [0, 0.1) is 6.92 Å². The van der Waals surface area contributed by atoms with E-state index in [2.05, 4.69) is 56.4 Å². The number of amides is 2. The van der Waals surface area contributed by atoms with Crippen LogP contribution in [0.15, 0.2) is 48.5 Å². The highest BCUT2D eigenvalue weighted by atomic mass is 16.2. The summed E-state index contributed by atoms with van der Waals surface area (Å²) < 4.78 is 0. The molecule has 0 aliphatic rings. The van der Waals surface area contributed by atoms with Crippen LogP contribution in [0.5, 0.6) is 0 Å². The number of hydrogen-bond donors (Lipinski definition) is 1. The fraction of sp³-hybridized carbons (Fsp3) is 0.481. The van der Waals surface area contributed by atoms with E-state index >= 15 is 0 Å². The van der Waals surface area contributed by atoms with Gasteiger partial charge in [0, 0.05) is 19.5 Å². The molecule has 2 rings (SSSR count). The average Bonchev–Trinajstić information content (AvgIpc) is 2.72. The highest BCUT2D eigenvalue weighted by molar-refractivity contribution is 5.87. The van der Waals surface area contributed by atoms with Crippen molar-refractivity contribution in [2.24, 2.45) is 0 Å². The van der Waals surface area contributed by atoms with Crippen LogP contribution < -0.4 is 5.32 Å². The van der Waals surface area contributed by atoms with Gasteiger partial charge in [-0.3, -0.25) is 9.59 Å². The Hall–Kier alpha value is -2.62. The molecule has 1 atom stereocenters. The third-order valence-electron chi connectivity index (χ3n) is 5.62. The fourth-order valence-electron chi connectivity index (χ4n) is 3.79. The van der Waals surface area contributed by atoms with Gasteiger partial charge in [-0.15, -0.1) is 0 Å². The van der Waals surface area contributed by atoms with Gasteiger partial charge in [0.15, 0.2) is 0 Å². The molecule has 0 heterocycles. The maximum Gasteiger partial charge on any atom is 0.242 e. The zero-order valence-corrected chi connectivity index (χ0v) is 20.0. The zero-order chi connectivity index (χ0) is 23.0. The van der Waals surface area contributed by atoms with E-state index in [1.165, 1.54) is 5.56 Å². The molecule has 0 bridgehead atoms. The summed E-state index contributed by atoms with van der Waals surface area (Å²) in [6, 6.07) is 16.2. The van der Waals surface area contributed by atoms with Crippen molar-refractivity contribution in [1.82, 2.24) is 10.2 Å². The molecule has 0 radical (unpaired) electrons. The van der Waals surface area contributed by atoms with Gasteiger partial charge in [-0.1, -0.05) is 81.8 Å². The normalized spacial score (nSPS) is 12.3. The maximum absolute atomic E-state index is 13.3. The number of likely N-dealkylation sites (N-methyl/N-ethyl adjacent to an activating group) is 1. The summed E-state index contributed by atoms with van der Waals surface area (Å²) in [7, 11) is 0. The van der Waals surface area contributed by atoms with Crippen molar-refractivity contribution in [2.75, 3.05) is 6.54 Å². The summed E-state index contributed by atoms with van der Waals surface area (Å²) in [5.74, 6) is -0.0694. The molecule has 2 amide bonds. The second-order valence-electron chi connectivity index (χ2n) is 9.28. The Morgan fingerprint density at radius 1 is 1.00 bits per heavy atom. The van der Waals surface area contributed by atoms with Crippen molar-refractivity contribution < 1.29 is 9.59 Å². The summed E-state index contributed by atoms with van der Waals surface area (Å²) in [5, 5.41) is 2.89. The SMILES string of the molecule is CCNC(=O)[C@H](CC)N(Cc1cccc(C)c1)C(=O)CCc1ccc(C(C)(C)C)cc1. The lowest BCUT2D eigenvalue weighted by Crippen LogP contribution is -2.49. The second kappa shape index (κ2) is 11.1. The molecular formula is C27H38N2O2. The number of hydrogen-bond acceptors (Lipinski definition) is 2. The maximum atomic E-state index is 13.3. The number of carbonyl (C=O) groups excluding carboxylic acids is 2. The Morgan fingerprint density at radius 3 is 2.23 bits per heavy atom. The molecule has 2 aromatic carbocycles. The highest BCUT2D eigenvalue weighted by Gasteiger charge is 2.28. The molecule has 0 fully saturated rings. The Kier molecular flexibility index (Phi) is 8.85. The van der Waals surface area contributed by atoms with E-state index in [0.717, 1.165) is 16.7 Å². The molecular weight excluding hydrogens is 384 g/mol. The van der Waals surface area contributed by atoms with Gasteiger partial charge in [-0.25, -0.2) is 0 Å². The van der Waals surface area contributed by atoms with Gasteiger partial charge >= 0.3 is 0 Å². The molecule has 0 aliphatic heterocycles. The van der Waals surface area contributed by atoms with Crippen LogP contribution in [0.1, 0.15) is 69.7 Å². The molecule has 0 aliphatic carbocycles. The third-order valence-corrected chi connectivity index (χ3v) is 5.62. The van der Waals surface area contributed by atoms with Crippen LogP contribution in [0.25, 0.3) is 0 Å².